The molecule has 0 saturated heterocycles. The SMILES string of the molecule is CN(C)C1(CNS(=O)(=O)c2cnccc2Cl)CCCCC1. The summed E-state index contributed by atoms with van der Waals surface area (Å²) in [5.74, 6) is 0. The second-order valence-electron chi connectivity index (χ2n) is 5.81. The minimum absolute atomic E-state index is 0.0383. The molecule has 1 aromatic heterocycles. The summed E-state index contributed by atoms with van der Waals surface area (Å²) < 4.78 is 27.5. The second-order valence-corrected chi connectivity index (χ2v) is 7.95. The fraction of sp³-hybridized carbons (Fsp3) is 0.643. The molecule has 1 aliphatic carbocycles. The minimum atomic E-state index is -3.63. The Kier molecular flexibility index (Phi) is 5.24. The van der Waals surface area contributed by atoms with Gasteiger partial charge in [-0.05, 0) is 33.0 Å². The number of nitrogens with one attached hydrogen (secondary N) is 1. The van der Waals surface area contributed by atoms with Crippen molar-refractivity contribution < 1.29 is 8.42 Å². The highest BCUT2D eigenvalue weighted by atomic mass is 35.5. The minimum Gasteiger partial charge on any atom is -0.302 e. The molecular weight excluding hydrogens is 310 g/mol. The normalized spacial score (nSPS) is 18.9. The highest BCUT2D eigenvalue weighted by Gasteiger charge is 2.35. The van der Waals surface area contributed by atoms with E-state index >= 15 is 0 Å². The Morgan fingerprint density at radius 1 is 1.33 bits per heavy atom. The first kappa shape index (κ1) is 16.7. The Morgan fingerprint density at radius 2 is 2.00 bits per heavy atom. The van der Waals surface area contributed by atoms with Crippen LogP contribution in [0.15, 0.2) is 23.4 Å². The van der Waals surface area contributed by atoms with Gasteiger partial charge in [0, 0.05) is 24.5 Å². The number of halogens is 1. The molecule has 7 heteroatoms. The number of nitrogens with zero attached hydrogens (tertiary/aromatic N) is 2. The second kappa shape index (κ2) is 6.60. The number of hydrogen-bond donors (Lipinski definition) is 1. The molecule has 0 unspecified atom stereocenters. The van der Waals surface area contributed by atoms with Crippen molar-refractivity contribution in [3.05, 3.63) is 23.5 Å². The lowest BCUT2D eigenvalue weighted by Gasteiger charge is -2.43. The van der Waals surface area contributed by atoms with Gasteiger partial charge >= 0.3 is 0 Å². The Hall–Kier alpha value is -0.690. The van der Waals surface area contributed by atoms with E-state index in [-0.39, 0.29) is 15.5 Å². The Balaban J connectivity index is 2.15. The van der Waals surface area contributed by atoms with Crippen molar-refractivity contribution in [2.24, 2.45) is 0 Å². The molecule has 0 amide bonds. The lowest BCUT2D eigenvalue weighted by Crippen LogP contribution is -2.53. The van der Waals surface area contributed by atoms with E-state index in [0.29, 0.717) is 6.54 Å². The van der Waals surface area contributed by atoms with Gasteiger partial charge in [-0.3, -0.25) is 4.98 Å². The van der Waals surface area contributed by atoms with E-state index < -0.39 is 10.0 Å². The molecule has 1 fully saturated rings. The van der Waals surface area contributed by atoms with Crippen LogP contribution in [0.5, 0.6) is 0 Å². The summed E-state index contributed by atoms with van der Waals surface area (Å²) in [4.78, 5) is 6.02. The van der Waals surface area contributed by atoms with E-state index in [1.54, 1.807) is 0 Å². The van der Waals surface area contributed by atoms with Crippen LogP contribution in [0.2, 0.25) is 5.02 Å². The van der Waals surface area contributed by atoms with E-state index in [0.717, 1.165) is 25.7 Å². The summed E-state index contributed by atoms with van der Waals surface area (Å²) >= 11 is 5.96. The molecule has 2 rings (SSSR count). The van der Waals surface area contributed by atoms with Crippen LogP contribution in [0.3, 0.4) is 0 Å². The molecule has 5 nitrogen and oxygen atoms in total. The van der Waals surface area contributed by atoms with Crippen molar-refractivity contribution in [1.29, 1.82) is 0 Å². The van der Waals surface area contributed by atoms with Gasteiger partial charge in [-0.2, -0.15) is 0 Å². The van der Waals surface area contributed by atoms with Gasteiger partial charge in [-0.15, -0.1) is 0 Å². The summed E-state index contributed by atoms with van der Waals surface area (Å²) in [5, 5.41) is 0.194. The maximum atomic E-state index is 12.4. The van der Waals surface area contributed by atoms with E-state index in [2.05, 4.69) is 14.6 Å². The molecule has 0 bridgehead atoms. The summed E-state index contributed by atoms with van der Waals surface area (Å²) in [6.07, 6.45) is 8.25. The average Bonchev–Trinajstić information content (AvgIpc) is 2.46. The summed E-state index contributed by atoms with van der Waals surface area (Å²) in [6, 6.07) is 1.48. The molecule has 0 atom stereocenters. The molecule has 1 N–H and O–H groups in total. The molecule has 0 radical (unpaired) electrons. The van der Waals surface area contributed by atoms with Crippen LogP contribution in [-0.4, -0.2) is 44.5 Å². The van der Waals surface area contributed by atoms with Crippen molar-refractivity contribution >= 4 is 21.6 Å². The maximum absolute atomic E-state index is 12.4. The molecule has 1 saturated carbocycles. The van der Waals surface area contributed by atoms with Gasteiger partial charge in [0.1, 0.15) is 4.90 Å². The van der Waals surface area contributed by atoms with Gasteiger partial charge in [0.25, 0.3) is 0 Å². The van der Waals surface area contributed by atoms with Gasteiger partial charge in [0.05, 0.1) is 5.02 Å². The van der Waals surface area contributed by atoms with Gasteiger partial charge in [0.2, 0.25) is 10.0 Å². The zero-order chi connectivity index (χ0) is 15.5. The summed E-state index contributed by atoms with van der Waals surface area (Å²) in [6.45, 7) is 0.396. The zero-order valence-electron chi connectivity index (χ0n) is 12.5. The third-order valence-electron chi connectivity index (χ3n) is 4.35. The lowest BCUT2D eigenvalue weighted by molar-refractivity contribution is 0.105. The van der Waals surface area contributed by atoms with E-state index in [9.17, 15) is 8.42 Å². The number of pyridine rings is 1. The first-order chi connectivity index (χ1) is 9.87. The van der Waals surface area contributed by atoms with Crippen molar-refractivity contribution in [2.75, 3.05) is 20.6 Å². The van der Waals surface area contributed by atoms with Crippen molar-refractivity contribution in [3.8, 4) is 0 Å². The number of hydrogen-bond acceptors (Lipinski definition) is 4. The van der Waals surface area contributed by atoms with Crippen LogP contribution in [0, 0.1) is 0 Å². The number of aromatic nitrogens is 1. The largest absolute Gasteiger partial charge is 0.302 e. The Labute approximate surface area is 131 Å². The van der Waals surface area contributed by atoms with Gasteiger partial charge < -0.3 is 4.90 Å². The zero-order valence-corrected chi connectivity index (χ0v) is 14.0. The van der Waals surface area contributed by atoms with Crippen molar-refractivity contribution in [3.63, 3.8) is 0 Å². The molecule has 1 aromatic rings. The van der Waals surface area contributed by atoms with Gasteiger partial charge in [-0.1, -0.05) is 30.9 Å². The fourth-order valence-corrected chi connectivity index (χ4v) is 4.41. The summed E-state index contributed by atoms with van der Waals surface area (Å²) in [5.41, 5.74) is -0.111. The molecule has 118 valence electrons. The predicted octanol–water partition coefficient (Wildman–Crippen LogP) is 2.28. The van der Waals surface area contributed by atoms with Crippen LogP contribution < -0.4 is 4.72 Å². The van der Waals surface area contributed by atoms with E-state index in [1.165, 1.54) is 24.9 Å². The van der Waals surface area contributed by atoms with E-state index in [1.807, 2.05) is 14.1 Å². The third kappa shape index (κ3) is 3.74. The van der Waals surface area contributed by atoms with E-state index in [4.69, 9.17) is 11.6 Å². The van der Waals surface area contributed by atoms with Gasteiger partial charge in [0.15, 0.2) is 0 Å². The standard InChI is InChI=1S/C14H22ClN3O2S/c1-18(2)14(7-4-3-5-8-14)11-17-21(19,20)13-10-16-9-6-12(13)15/h6,9-10,17H,3-5,7-8,11H2,1-2H3. The van der Waals surface area contributed by atoms with Crippen LogP contribution in [0.25, 0.3) is 0 Å². The van der Waals surface area contributed by atoms with Gasteiger partial charge in [-0.25, -0.2) is 13.1 Å². The van der Waals surface area contributed by atoms with Crippen LogP contribution in [0.4, 0.5) is 0 Å². The molecule has 1 aliphatic rings. The molecule has 1 heterocycles. The van der Waals surface area contributed by atoms with Crippen LogP contribution in [0.1, 0.15) is 32.1 Å². The fourth-order valence-electron chi connectivity index (χ4n) is 2.86. The predicted molar refractivity (Wildman–Crippen MR) is 83.9 cm³/mol. The topological polar surface area (TPSA) is 62.3 Å². The lowest BCUT2D eigenvalue weighted by atomic mass is 9.81. The molecule has 0 aliphatic heterocycles. The first-order valence-electron chi connectivity index (χ1n) is 7.14. The average molecular weight is 332 g/mol. The number of sulfonamides is 1. The first-order valence-corrected chi connectivity index (χ1v) is 9.00. The van der Waals surface area contributed by atoms with Crippen molar-refractivity contribution in [1.82, 2.24) is 14.6 Å². The highest BCUT2D eigenvalue weighted by Crippen LogP contribution is 2.32. The summed E-state index contributed by atoms with van der Waals surface area (Å²) in [7, 11) is 0.388. The Bertz CT molecular complexity index is 584. The van der Waals surface area contributed by atoms with Crippen molar-refractivity contribution in [2.45, 2.75) is 42.5 Å². The smallest absolute Gasteiger partial charge is 0.243 e. The Morgan fingerprint density at radius 3 is 2.57 bits per heavy atom. The number of likely N-dealkylation sites (N-methyl/N-ethyl adjacent to an activating group) is 1. The quantitative estimate of drug-likeness (QED) is 0.899. The maximum Gasteiger partial charge on any atom is 0.243 e. The van der Waals surface area contributed by atoms with Crippen LogP contribution >= 0.6 is 11.6 Å². The molecular formula is C14H22ClN3O2S. The monoisotopic (exact) mass is 331 g/mol. The number of rotatable bonds is 5. The molecule has 21 heavy (non-hydrogen) atoms. The molecule has 0 aromatic carbocycles. The third-order valence-corrected chi connectivity index (χ3v) is 6.22. The molecule has 0 spiro atoms. The highest BCUT2D eigenvalue weighted by molar-refractivity contribution is 7.89. The van der Waals surface area contributed by atoms with Crippen LogP contribution in [-0.2, 0) is 10.0 Å².